The van der Waals surface area contributed by atoms with Crippen molar-refractivity contribution in [2.45, 2.75) is 65.8 Å². The van der Waals surface area contributed by atoms with Crippen molar-refractivity contribution in [3.8, 4) is 5.75 Å². The number of hydrogen-bond acceptors (Lipinski definition) is 5. The Kier molecular flexibility index (Phi) is 7.96. The molecule has 0 spiro atoms. The summed E-state index contributed by atoms with van der Waals surface area (Å²) in [6.45, 7) is 12.9. The Morgan fingerprint density at radius 3 is 2.34 bits per heavy atom. The molecule has 7 heteroatoms. The molecule has 0 aliphatic heterocycles. The van der Waals surface area contributed by atoms with Gasteiger partial charge in [-0.2, -0.15) is 0 Å². The molecule has 6 nitrogen and oxygen atoms in total. The molecule has 1 heterocycles. The van der Waals surface area contributed by atoms with Crippen LogP contribution >= 0.6 is 11.8 Å². The van der Waals surface area contributed by atoms with E-state index in [0.717, 1.165) is 34.8 Å². The number of benzene rings is 2. The van der Waals surface area contributed by atoms with E-state index in [1.165, 1.54) is 22.9 Å². The Morgan fingerprint density at radius 2 is 1.75 bits per heavy atom. The third kappa shape index (κ3) is 5.71. The molecule has 0 radical (unpaired) electrons. The highest BCUT2D eigenvalue weighted by Crippen LogP contribution is 2.26. The number of carbonyl (C=O) groups is 1. The lowest BCUT2D eigenvalue weighted by atomic mass is 10.1. The average Bonchev–Trinajstić information content (AvgIpc) is 3.18. The molecule has 0 bridgehead atoms. The number of aromatic nitrogens is 3. The van der Waals surface area contributed by atoms with Crippen LogP contribution in [0.3, 0.4) is 0 Å². The van der Waals surface area contributed by atoms with Crippen LogP contribution < -0.4 is 10.1 Å². The second-order valence-corrected chi connectivity index (χ2v) is 8.90. The molecule has 3 rings (SSSR count). The molecule has 0 saturated heterocycles. The predicted octanol–water partition coefficient (Wildman–Crippen LogP) is 5.66. The summed E-state index contributed by atoms with van der Waals surface area (Å²) >= 11 is 1.39. The van der Waals surface area contributed by atoms with Gasteiger partial charge in [-0.25, -0.2) is 0 Å². The first kappa shape index (κ1) is 23.9. The molecule has 1 amide bonds. The number of ether oxygens (including phenoxy) is 1. The first-order valence-electron chi connectivity index (χ1n) is 11.0. The van der Waals surface area contributed by atoms with E-state index in [2.05, 4.69) is 53.6 Å². The van der Waals surface area contributed by atoms with Crippen molar-refractivity contribution in [3.05, 3.63) is 64.5 Å². The Labute approximate surface area is 194 Å². The Morgan fingerprint density at radius 1 is 1.09 bits per heavy atom. The van der Waals surface area contributed by atoms with E-state index in [-0.39, 0.29) is 17.8 Å². The maximum Gasteiger partial charge on any atom is 0.234 e. The molecule has 0 fully saturated rings. The van der Waals surface area contributed by atoms with Gasteiger partial charge in [-0.05, 0) is 69.9 Å². The van der Waals surface area contributed by atoms with Crippen LogP contribution in [-0.2, 0) is 17.8 Å². The van der Waals surface area contributed by atoms with E-state index in [0.29, 0.717) is 11.7 Å². The number of aryl methyl sites for hydroxylation is 4. The smallest absolute Gasteiger partial charge is 0.234 e. The fraction of sp³-hybridized carbons (Fsp3) is 0.400. The summed E-state index contributed by atoms with van der Waals surface area (Å²) in [6.07, 6.45) is 0.743. The van der Waals surface area contributed by atoms with Gasteiger partial charge in [0.05, 0.1) is 5.75 Å². The van der Waals surface area contributed by atoms with Gasteiger partial charge in [0.1, 0.15) is 5.75 Å². The summed E-state index contributed by atoms with van der Waals surface area (Å²) < 4.78 is 8.09. The van der Waals surface area contributed by atoms with Crippen molar-refractivity contribution in [2.24, 2.45) is 0 Å². The van der Waals surface area contributed by atoms with Gasteiger partial charge >= 0.3 is 0 Å². The molecular weight excluding hydrogens is 420 g/mol. The second kappa shape index (κ2) is 10.7. The maximum atomic E-state index is 12.6. The lowest BCUT2D eigenvalue weighted by Gasteiger charge is -2.16. The summed E-state index contributed by atoms with van der Waals surface area (Å²) in [6, 6.07) is 12.3. The molecular formula is C25H32N4O2S. The van der Waals surface area contributed by atoms with Crippen molar-refractivity contribution in [2.75, 3.05) is 11.1 Å². The minimum Gasteiger partial charge on any atom is -0.483 e. The number of nitrogens with one attached hydrogen (secondary N) is 1. The van der Waals surface area contributed by atoms with Crippen molar-refractivity contribution in [1.29, 1.82) is 0 Å². The minimum atomic E-state index is -0.254. The molecule has 170 valence electrons. The minimum absolute atomic E-state index is 0.0578. The molecule has 1 N–H and O–H groups in total. The van der Waals surface area contributed by atoms with E-state index in [1.54, 1.807) is 0 Å². The van der Waals surface area contributed by atoms with Gasteiger partial charge in [-0.3, -0.25) is 4.79 Å². The molecule has 1 atom stereocenters. The number of rotatable bonds is 9. The first-order valence-corrected chi connectivity index (χ1v) is 12.0. The van der Waals surface area contributed by atoms with E-state index < -0.39 is 0 Å². The predicted molar refractivity (Wildman–Crippen MR) is 131 cm³/mol. The number of thioether (sulfide) groups is 1. The standard InChI is InChI=1S/C25H32N4O2S/c1-7-20-9-11-21(12-10-20)31-19(6)24-27-28-25(29(24)8-2)32-15-22(30)26-23-17(4)13-16(3)14-18(23)5/h9-14,19H,7-8,15H2,1-6H3,(H,26,30)/t19-/m1/s1. The van der Waals surface area contributed by atoms with Crippen LogP contribution in [0.5, 0.6) is 5.75 Å². The molecule has 3 aromatic rings. The molecule has 0 saturated carbocycles. The summed E-state index contributed by atoms with van der Waals surface area (Å²) in [5.41, 5.74) is 5.48. The van der Waals surface area contributed by atoms with Gasteiger partial charge in [0.15, 0.2) is 17.1 Å². The summed E-state index contributed by atoms with van der Waals surface area (Å²) in [5.74, 6) is 1.76. The van der Waals surface area contributed by atoms with Gasteiger partial charge in [0.2, 0.25) is 5.91 Å². The van der Waals surface area contributed by atoms with Crippen LogP contribution in [0.25, 0.3) is 0 Å². The quantitative estimate of drug-likeness (QED) is 0.425. The van der Waals surface area contributed by atoms with E-state index in [9.17, 15) is 4.79 Å². The number of hydrogen-bond donors (Lipinski definition) is 1. The average molecular weight is 453 g/mol. The van der Waals surface area contributed by atoms with E-state index >= 15 is 0 Å². The van der Waals surface area contributed by atoms with Gasteiger partial charge in [-0.15, -0.1) is 10.2 Å². The third-order valence-corrected chi connectivity index (χ3v) is 6.31. The molecule has 0 aliphatic rings. The zero-order valence-electron chi connectivity index (χ0n) is 19.7. The highest BCUT2D eigenvalue weighted by atomic mass is 32.2. The van der Waals surface area contributed by atoms with E-state index in [4.69, 9.17) is 4.74 Å². The van der Waals surface area contributed by atoms with Crippen LogP contribution in [0.4, 0.5) is 5.69 Å². The Balaban J connectivity index is 1.64. The monoisotopic (exact) mass is 452 g/mol. The van der Waals surface area contributed by atoms with Crippen molar-refractivity contribution in [1.82, 2.24) is 14.8 Å². The largest absolute Gasteiger partial charge is 0.483 e. The topological polar surface area (TPSA) is 69.0 Å². The highest BCUT2D eigenvalue weighted by Gasteiger charge is 2.20. The normalized spacial score (nSPS) is 11.9. The fourth-order valence-electron chi connectivity index (χ4n) is 3.75. The highest BCUT2D eigenvalue weighted by molar-refractivity contribution is 7.99. The van der Waals surface area contributed by atoms with Crippen molar-refractivity contribution in [3.63, 3.8) is 0 Å². The molecule has 0 aliphatic carbocycles. The zero-order valence-corrected chi connectivity index (χ0v) is 20.5. The Hall–Kier alpha value is -2.80. The first-order chi connectivity index (χ1) is 15.3. The molecule has 32 heavy (non-hydrogen) atoms. The van der Waals surface area contributed by atoms with Gasteiger partial charge < -0.3 is 14.6 Å². The van der Waals surface area contributed by atoms with Gasteiger partial charge in [0, 0.05) is 12.2 Å². The van der Waals surface area contributed by atoms with E-state index in [1.807, 2.05) is 44.4 Å². The summed E-state index contributed by atoms with van der Waals surface area (Å²) in [5, 5.41) is 12.4. The van der Waals surface area contributed by atoms with Gasteiger partial charge in [0.25, 0.3) is 0 Å². The van der Waals surface area contributed by atoms with Gasteiger partial charge in [-0.1, -0.05) is 48.5 Å². The molecule has 1 aromatic heterocycles. The van der Waals surface area contributed by atoms with Crippen molar-refractivity contribution < 1.29 is 9.53 Å². The fourth-order valence-corrected chi connectivity index (χ4v) is 4.56. The summed E-state index contributed by atoms with van der Waals surface area (Å²) in [4.78, 5) is 12.6. The number of anilines is 1. The van der Waals surface area contributed by atoms with Crippen LogP contribution in [-0.4, -0.2) is 26.4 Å². The lowest BCUT2D eigenvalue weighted by Crippen LogP contribution is -2.17. The van der Waals surface area contributed by atoms with Crippen LogP contribution in [0.1, 0.15) is 55.0 Å². The maximum absolute atomic E-state index is 12.6. The zero-order chi connectivity index (χ0) is 23.3. The SMILES string of the molecule is CCc1ccc(O[C@H](C)c2nnc(SCC(=O)Nc3c(C)cc(C)cc3C)n2CC)cc1. The number of amides is 1. The summed E-state index contributed by atoms with van der Waals surface area (Å²) in [7, 11) is 0. The molecule has 0 unspecified atom stereocenters. The third-order valence-electron chi connectivity index (χ3n) is 5.34. The van der Waals surface area contributed by atoms with Crippen LogP contribution in [0, 0.1) is 20.8 Å². The van der Waals surface area contributed by atoms with Crippen LogP contribution in [0.2, 0.25) is 0 Å². The second-order valence-electron chi connectivity index (χ2n) is 7.95. The van der Waals surface area contributed by atoms with Crippen LogP contribution in [0.15, 0.2) is 41.6 Å². The number of nitrogens with zero attached hydrogens (tertiary/aromatic N) is 3. The molecule has 2 aromatic carbocycles. The lowest BCUT2D eigenvalue weighted by molar-refractivity contribution is -0.113. The Bertz CT molecular complexity index is 1050. The number of carbonyl (C=O) groups excluding carboxylic acids is 1. The van der Waals surface area contributed by atoms with Crippen molar-refractivity contribution >= 4 is 23.4 Å².